The third-order valence-corrected chi connectivity index (χ3v) is 2.38. The molecule has 0 aromatic carbocycles. The summed E-state index contributed by atoms with van der Waals surface area (Å²) in [5.74, 6) is 1.86. The minimum atomic E-state index is 0.819. The second kappa shape index (κ2) is 4.10. The van der Waals surface area contributed by atoms with E-state index in [1.54, 1.807) is 0 Å². The molecule has 1 saturated carbocycles. The summed E-state index contributed by atoms with van der Waals surface area (Å²) in [4.78, 5) is 0. The van der Waals surface area contributed by atoms with Crippen molar-refractivity contribution in [1.29, 1.82) is 0 Å². The van der Waals surface area contributed by atoms with Gasteiger partial charge in [-0.15, -0.1) is 0 Å². The maximum absolute atomic E-state index is 3.58. The van der Waals surface area contributed by atoms with Gasteiger partial charge >= 0.3 is 0 Å². The molecule has 0 radical (unpaired) electrons. The third-order valence-electron chi connectivity index (χ3n) is 2.38. The molecule has 0 unspecified atom stereocenters. The number of hydrogen-bond donors (Lipinski definition) is 1. The van der Waals surface area contributed by atoms with Crippen molar-refractivity contribution < 1.29 is 0 Å². The maximum Gasteiger partial charge on any atom is 0.00976 e. The van der Waals surface area contributed by atoms with Gasteiger partial charge in [0.15, 0.2) is 0 Å². The largest absolute Gasteiger partial charge is 0.314 e. The van der Waals surface area contributed by atoms with Gasteiger partial charge < -0.3 is 5.32 Å². The Morgan fingerprint density at radius 1 is 1.36 bits per heavy atom. The lowest BCUT2D eigenvalue weighted by Gasteiger charge is -2.18. The zero-order valence-electron chi connectivity index (χ0n) is 8.06. The molecule has 66 valence electrons. The van der Waals surface area contributed by atoms with Gasteiger partial charge in [-0.05, 0) is 37.6 Å². The average molecular weight is 155 g/mol. The quantitative estimate of drug-likeness (QED) is 0.643. The van der Waals surface area contributed by atoms with Crippen molar-refractivity contribution in [2.24, 2.45) is 11.8 Å². The predicted molar refractivity (Wildman–Crippen MR) is 49.6 cm³/mol. The molecule has 1 fully saturated rings. The summed E-state index contributed by atoms with van der Waals surface area (Å²) in [5.41, 5.74) is 0. The van der Waals surface area contributed by atoms with E-state index < -0.39 is 0 Å². The lowest BCUT2D eigenvalue weighted by molar-refractivity contribution is 0.390. The highest BCUT2D eigenvalue weighted by Gasteiger charge is 2.30. The smallest absolute Gasteiger partial charge is 0.00976 e. The van der Waals surface area contributed by atoms with E-state index in [4.69, 9.17) is 0 Å². The first kappa shape index (κ1) is 9.05. The standard InChI is InChI=1S/C10H21N/c1-4-11-10(7-8(2)3)9-5-6-9/h8-11H,4-7H2,1-3H3/t10-/m1/s1. The molecule has 1 aliphatic carbocycles. The summed E-state index contributed by atoms with van der Waals surface area (Å²) in [6, 6.07) is 0.819. The van der Waals surface area contributed by atoms with Gasteiger partial charge in [0.2, 0.25) is 0 Å². The molecule has 0 spiro atoms. The van der Waals surface area contributed by atoms with E-state index in [0.29, 0.717) is 0 Å². The Kier molecular flexibility index (Phi) is 3.38. The van der Waals surface area contributed by atoms with E-state index in [9.17, 15) is 0 Å². The molecule has 0 bridgehead atoms. The first-order valence-corrected chi connectivity index (χ1v) is 4.97. The van der Waals surface area contributed by atoms with Crippen molar-refractivity contribution in [3.63, 3.8) is 0 Å². The lowest BCUT2D eigenvalue weighted by Crippen LogP contribution is -2.32. The van der Waals surface area contributed by atoms with Gasteiger partial charge in [0.25, 0.3) is 0 Å². The normalized spacial score (nSPS) is 20.7. The molecule has 0 aromatic heterocycles. The predicted octanol–water partition coefficient (Wildman–Crippen LogP) is 2.42. The topological polar surface area (TPSA) is 12.0 Å². The summed E-state index contributed by atoms with van der Waals surface area (Å²) in [5, 5.41) is 3.58. The number of hydrogen-bond acceptors (Lipinski definition) is 1. The van der Waals surface area contributed by atoms with Crippen LogP contribution in [0.5, 0.6) is 0 Å². The summed E-state index contributed by atoms with van der Waals surface area (Å²) in [6.45, 7) is 7.96. The summed E-state index contributed by atoms with van der Waals surface area (Å²) >= 11 is 0. The van der Waals surface area contributed by atoms with Crippen molar-refractivity contribution in [3.05, 3.63) is 0 Å². The maximum atomic E-state index is 3.58. The van der Waals surface area contributed by atoms with E-state index in [1.807, 2.05) is 0 Å². The first-order chi connectivity index (χ1) is 5.24. The van der Waals surface area contributed by atoms with Crippen LogP contribution in [0.15, 0.2) is 0 Å². The zero-order chi connectivity index (χ0) is 8.27. The van der Waals surface area contributed by atoms with Gasteiger partial charge in [-0.1, -0.05) is 20.8 Å². The molecule has 1 aliphatic rings. The molecular formula is C10H21N. The Morgan fingerprint density at radius 3 is 2.36 bits per heavy atom. The SMILES string of the molecule is CCN[C@H](CC(C)C)C1CC1. The van der Waals surface area contributed by atoms with Crippen molar-refractivity contribution in [3.8, 4) is 0 Å². The molecule has 1 rings (SSSR count). The van der Waals surface area contributed by atoms with Gasteiger partial charge in [-0.25, -0.2) is 0 Å². The monoisotopic (exact) mass is 155 g/mol. The van der Waals surface area contributed by atoms with Crippen LogP contribution in [0.3, 0.4) is 0 Å². The Balaban J connectivity index is 2.20. The summed E-state index contributed by atoms with van der Waals surface area (Å²) in [6.07, 6.45) is 4.28. The highest BCUT2D eigenvalue weighted by atomic mass is 14.9. The molecule has 0 aliphatic heterocycles. The molecule has 0 heterocycles. The Hall–Kier alpha value is -0.0400. The van der Waals surface area contributed by atoms with Crippen LogP contribution in [-0.2, 0) is 0 Å². The van der Waals surface area contributed by atoms with Crippen LogP contribution < -0.4 is 5.32 Å². The van der Waals surface area contributed by atoms with Gasteiger partial charge in [-0.3, -0.25) is 0 Å². The minimum absolute atomic E-state index is 0.819. The Morgan fingerprint density at radius 2 is 2.00 bits per heavy atom. The van der Waals surface area contributed by atoms with E-state index in [0.717, 1.165) is 24.4 Å². The molecule has 0 amide bonds. The van der Waals surface area contributed by atoms with Gasteiger partial charge in [0.1, 0.15) is 0 Å². The minimum Gasteiger partial charge on any atom is -0.314 e. The molecular weight excluding hydrogens is 134 g/mol. The Bertz CT molecular complexity index is 105. The van der Waals surface area contributed by atoms with Crippen LogP contribution in [0.4, 0.5) is 0 Å². The molecule has 0 aromatic rings. The second-order valence-electron chi connectivity index (χ2n) is 4.13. The number of nitrogens with one attached hydrogen (secondary N) is 1. The molecule has 1 nitrogen and oxygen atoms in total. The van der Waals surface area contributed by atoms with E-state index in [2.05, 4.69) is 26.1 Å². The van der Waals surface area contributed by atoms with Crippen LogP contribution in [0, 0.1) is 11.8 Å². The fraction of sp³-hybridized carbons (Fsp3) is 1.00. The van der Waals surface area contributed by atoms with Crippen molar-refractivity contribution in [2.75, 3.05) is 6.54 Å². The Labute approximate surface area is 70.6 Å². The molecule has 1 atom stereocenters. The zero-order valence-corrected chi connectivity index (χ0v) is 8.06. The average Bonchev–Trinajstić information content (AvgIpc) is 2.66. The van der Waals surface area contributed by atoms with Crippen LogP contribution >= 0.6 is 0 Å². The van der Waals surface area contributed by atoms with Gasteiger partial charge in [0, 0.05) is 6.04 Å². The third kappa shape index (κ3) is 3.24. The van der Waals surface area contributed by atoms with E-state index in [1.165, 1.54) is 19.3 Å². The fourth-order valence-electron chi connectivity index (χ4n) is 1.71. The summed E-state index contributed by atoms with van der Waals surface area (Å²) < 4.78 is 0. The van der Waals surface area contributed by atoms with Gasteiger partial charge in [0.05, 0.1) is 0 Å². The van der Waals surface area contributed by atoms with Crippen LogP contribution in [-0.4, -0.2) is 12.6 Å². The van der Waals surface area contributed by atoms with Crippen molar-refractivity contribution >= 4 is 0 Å². The van der Waals surface area contributed by atoms with E-state index in [-0.39, 0.29) is 0 Å². The lowest BCUT2D eigenvalue weighted by atomic mass is 10.0. The molecule has 1 heteroatoms. The fourth-order valence-corrected chi connectivity index (χ4v) is 1.71. The summed E-state index contributed by atoms with van der Waals surface area (Å²) in [7, 11) is 0. The van der Waals surface area contributed by atoms with Crippen molar-refractivity contribution in [1.82, 2.24) is 5.32 Å². The van der Waals surface area contributed by atoms with Crippen LogP contribution in [0.1, 0.15) is 40.0 Å². The van der Waals surface area contributed by atoms with Gasteiger partial charge in [-0.2, -0.15) is 0 Å². The number of rotatable bonds is 5. The first-order valence-electron chi connectivity index (χ1n) is 4.97. The van der Waals surface area contributed by atoms with Crippen LogP contribution in [0.2, 0.25) is 0 Å². The molecule has 0 saturated heterocycles. The van der Waals surface area contributed by atoms with E-state index >= 15 is 0 Å². The van der Waals surface area contributed by atoms with Crippen molar-refractivity contribution in [2.45, 2.75) is 46.1 Å². The molecule has 1 N–H and O–H groups in total. The molecule has 11 heavy (non-hydrogen) atoms. The second-order valence-corrected chi connectivity index (χ2v) is 4.13. The highest BCUT2D eigenvalue weighted by Crippen LogP contribution is 2.35. The highest BCUT2D eigenvalue weighted by molar-refractivity contribution is 4.86. The van der Waals surface area contributed by atoms with Crippen LogP contribution in [0.25, 0.3) is 0 Å².